The summed E-state index contributed by atoms with van der Waals surface area (Å²) in [7, 11) is 0. The van der Waals surface area contributed by atoms with Crippen molar-refractivity contribution in [3.63, 3.8) is 0 Å². The molecule has 0 aliphatic carbocycles. The van der Waals surface area contributed by atoms with Crippen LogP contribution in [-0.2, 0) is 17.8 Å². The topological polar surface area (TPSA) is 103 Å². The van der Waals surface area contributed by atoms with Crippen molar-refractivity contribution in [2.75, 3.05) is 5.32 Å². The molecule has 3 heterocycles. The number of carbonyl (C=O) groups is 1. The van der Waals surface area contributed by atoms with Crippen molar-refractivity contribution < 1.29 is 14.1 Å². The number of ether oxygens (including phenoxy) is 1. The van der Waals surface area contributed by atoms with E-state index in [0.29, 0.717) is 36.2 Å². The number of nitrogens with zero attached hydrogens (tertiary/aromatic N) is 4. The number of hydrogen-bond donors (Lipinski definition) is 1. The number of aryl methyl sites for hydroxylation is 1. The van der Waals surface area contributed by atoms with Gasteiger partial charge < -0.3 is 14.6 Å². The first-order valence-electron chi connectivity index (χ1n) is 8.89. The van der Waals surface area contributed by atoms with Crippen LogP contribution in [0.3, 0.4) is 0 Å². The van der Waals surface area contributed by atoms with Crippen LogP contribution in [0.2, 0.25) is 0 Å². The van der Waals surface area contributed by atoms with Crippen LogP contribution in [0, 0.1) is 0 Å². The summed E-state index contributed by atoms with van der Waals surface area (Å²) in [6.07, 6.45) is 3.86. The Balaban J connectivity index is 1.33. The third-order valence-corrected chi connectivity index (χ3v) is 4.63. The van der Waals surface area contributed by atoms with Gasteiger partial charge in [0.1, 0.15) is 12.4 Å². The predicted octanol–water partition coefficient (Wildman–Crippen LogP) is 3.74. The van der Waals surface area contributed by atoms with Crippen molar-refractivity contribution in [2.45, 2.75) is 19.4 Å². The molecule has 3 aromatic heterocycles. The molecule has 0 spiro atoms. The molecule has 29 heavy (non-hydrogen) atoms. The number of benzene rings is 1. The highest BCUT2D eigenvalue weighted by molar-refractivity contribution is 7.07. The molecular formula is C20H17N5O3S. The zero-order valence-electron chi connectivity index (χ0n) is 15.3. The minimum Gasteiger partial charge on any atom is -0.485 e. The van der Waals surface area contributed by atoms with Gasteiger partial charge in [0.25, 0.3) is 0 Å². The lowest BCUT2D eigenvalue weighted by Gasteiger charge is -2.11. The summed E-state index contributed by atoms with van der Waals surface area (Å²) in [6, 6.07) is 10.9. The number of hydrogen-bond acceptors (Lipinski definition) is 8. The average Bonchev–Trinajstić information content (AvgIpc) is 3.44. The van der Waals surface area contributed by atoms with Gasteiger partial charge in [0, 0.05) is 36.2 Å². The smallest absolute Gasteiger partial charge is 0.227 e. The van der Waals surface area contributed by atoms with Gasteiger partial charge in [-0.25, -0.2) is 4.98 Å². The van der Waals surface area contributed by atoms with Gasteiger partial charge in [-0.1, -0.05) is 17.3 Å². The zero-order chi connectivity index (χ0) is 19.9. The maximum atomic E-state index is 12.4. The maximum Gasteiger partial charge on any atom is 0.227 e. The first-order chi connectivity index (χ1) is 14.3. The highest BCUT2D eigenvalue weighted by Gasteiger charge is 2.12. The number of anilines is 1. The average molecular weight is 407 g/mol. The molecule has 0 bridgehead atoms. The van der Waals surface area contributed by atoms with Gasteiger partial charge in [-0.2, -0.15) is 4.98 Å². The Morgan fingerprint density at radius 1 is 1.17 bits per heavy atom. The van der Waals surface area contributed by atoms with Crippen molar-refractivity contribution in [2.24, 2.45) is 0 Å². The summed E-state index contributed by atoms with van der Waals surface area (Å²) in [5.41, 5.74) is 4.02. The lowest BCUT2D eigenvalue weighted by molar-refractivity contribution is -0.116. The Kier molecular flexibility index (Phi) is 5.87. The van der Waals surface area contributed by atoms with Crippen LogP contribution < -0.4 is 10.1 Å². The number of rotatable bonds is 8. The molecule has 1 N–H and O–H groups in total. The van der Waals surface area contributed by atoms with E-state index in [0.717, 1.165) is 11.3 Å². The van der Waals surface area contributed by atoms with Crippen molar-refractivity contribution in [1.29, 1.82) is 0 Å². The van der Waals surface area contributed by atoms with Crippen molar-refractivity contribution in [3.8, 4) is 17.1 Å². The quantitative estimate of drug-likeness (QED) is 0.474. The Bertz CT molecular complexity index is 1070. The fourth-order valence-corrected chi connectivity index (χ4v) is 3.11. The molecule has 9 heteroatoms. The van der Waals surface area contributed by atoms with E-state index in [1.54, 1.807) is 42.2 Å². The fraction of sp³-hybridized carbons (Fsp3) is 0.150. The number of thiazole rings is 1. The standard InChI is InChI=1S/C20H17N5O3S/c26-18(5-6-19-24-20(25-28-19)14-7-9-21-10-8-14)23-16-3-1-2-4-17(16)27-11-15-12-29-13-22-15/h1-4,7-10,12-13H,5-6,11H2,(H,23,26). The van der Waals surface area contributed by atoms with Crippen molar-refractivity contribution >= 4 is 22.9 Å². The van der Waals surface area contributed by atoms with Crippen LogP contribution >= 0.6 is 11.3 Å². The largest absolute Gasteiger partial charge is 0.485 e. The Morgan fingerprint density at radius 3 is 2.86 bits per heavy atom. The van der Waals surface area contributed by atoms with Crippen LogP contribution in [0.15, 0.2) is 64.2 Å². The number of nitrogens with one attached hydrogen (secondary N) is 1. The van der Waals surface area contributed by atoms with Crippen LogP contribution in [-0.4, -0.2) is 26.0 Å². The second-order valence-corrected chi connectivity index (χ2v) is 6.78. The third kappa shape index (κ3) is 5.02. The first-order valence-corrected chi connectivity index (χ1v) is 9.84. The molecule has 0 fully saturated rings. The summed E-state index contributed by atoms with van der Waals surface area (Å²) in [5, 5.41) is 8.73. The molecule has 1 aromatic carbocycles. The molecule has 0 radical (unpaired) electrons. The van der Waals surface area contributed by atoms with Crippen LogP contribution in [0.4, 0.5) is 5.69 Å². The molecule has 0 aliphatic heterocycles. The van der Waals surface area contributed by atoms with Crippen LogP contribution in [0.25, 0.3) is 11.4 Å². The Labute approximate surface area is 170 Å². The number of aromatic nitrogens is 4. The SMILES string of the molecule is O=C(CCc1nc(-c2ccncc2)no1)Nc1ccccc1OCc1cscn1. The number of carbonyl (C=O) groups excluding carboxylic acids is 1. The molecule has 0 unspecified atom stereocenters. The molecule has 1 amide bonds. The van der Waals surface area contributed by atoms with E-state index in [1.807, 2.05) is 17.5 Å². The lowest BCUT2D eigenvalue weighted by Crippen LogP contribution is -2.13. The molecular weight excluding hydrogens is 390 g/mol. The van der Waals surface area contributed by atoms with Gasteiger partial charge >= 0.3 is 0 Å². The lowest BCUT2D eigenvalue weighted by atomic mass is 10.2. The third-order valence-electron chi connectivity index (χ3n) is 3.99. The van der Waals surface area contributed by atoms with Crippen LogP contribution in [0.1, 0.15) is 18.0 Å². The number of para-hydroxylation sites is 2. The van der Waals surface area contributed by atoms with E-state index >= 15 is 0 Å². The molecule has 0 saturated carbocycles. The molecule has 146 valence electrons. The molecule has 0 saturated heterocycles. The van der Waals surface area contributed by atoms with E-state index < -0.39 is 0 Å². The second kappa shape index (κ2) is 9.07. The van der Waals surface area contributed by atoms with E-state index in [2.05, 4.69) is 25.4 Å². The number of amides is 1. The zero-order valence-corrected chi connectivity index (χ0v) is 16.1. The summed E-state index contributed by atoms with van der Waals surface area (Å²) in [4.78, 5) is 24.8. The second-order valence-electron chi connectivity index (χ2n) is 6.06. The first kappa shape index (κ1) is 18.8. The van der Waals surface area contributed by atoms with Gasteiger partial charge in [-0.3, -0.25) is 9.78 Å². The van der Waals surface area contributed by atoms with E-state index in [9.17, 15) is 4.79 Å². The molecule has 4 rings (SSSR count). The van der Waals surface area contributed by atoms with Gasteiger partial charge in [0.2, 0.25) is 17.6 Å². The van der Waals surface area contributed by atoms with Crippen LogP contribution in [0.5, 0.6) is 5.75 Å². The summed E-state index contributed by atoms with van der Waals surface area (Å²) < 4.78 is 11.0. The van der Waals surface area contributed by atoms with E-state index in [4.69, 9.17) is 9.26 Å². The normalized spacial score (nSPS) is 10.6. The molecule has 0 aliphatic rings. The van der Waals surface area contributed by atoms with Gasteiger partial charge in [-0.05, 0) is 24.3 Å². The van der Waals surface area contributed by atoms with Gasteiger partial charge in [0.15, 0.2) is 0 Å². The summed E-state index contributed by atoms with van der Waals surface area (Å²) in [6.45, 7) is 0.343. The van der Waals surface area contributed by atoms with Gasteiger partial charge in [-0.15, -0.1) is 11.3 Å². The molecule has 4 aromatic rings. The monoisotopic (exact) mass is 407 g/mol. The Morgan fingerprint density at radius 2 is 2.03 bits per heavy atom. The minimum absolute atomic E-state index is 0.168. The van der Waals surface area contributed by atoms with E-state index in [1.165, 1.54) is 11.3 Å². The van der Waals surface area contributed by atoms with Gasteiger partial charge in [0.05, 0.1) is 16.9 Å². The molecule has 0 atom stereocenters. The Hall–Kier alpha value is -3.59. The fourth-order valence-electron chi connectivity index (χ4n) is 2.56. The minimum atomic E-state index is -0.168. The number of pyridine rings is 1. The van der Waals surface area contributed by atoms with Crippen molar-refractivity contribution in [3.05, 3.63) is 71.3 Å². The predicted molar refractivity (Wildman–Crippen MR) is 107 cm³/mol. The van der Waals surface area contributed by atoms with Crippen molar-refractivity contribution in [1.82, 2.24) is 20.1 Å². The van der Waals surface area contributed by atoms with E-state index in [-0.39, 0.29) is 12.3 Å². The summed E-state index contributed by atoms with van der Waals surface area (Å²) in [5.74, 6) is 1.30. The highest BCUT2D eigenvalue weighted by Crippen LogP contribution is 2.25. The highest BCUT2D eigenvalue weighted by atomic mass is 32.1. The maximum absolute atomic E-state index is 12.4. The summed E-state index contributed by atoms with van der Waals surface area (Å²) >= 11 is 1.51. The molecule has 8 nitrogen and oxygen atoms in total.